The molecule has 0 aliphatic carbocycles. The molecular formula is C11H20N4O3. The molecule has 0 spiro atoms. The summed E-state index contributed by atoms with van der Waals surface area (Å²) in [6, 6.07) is -0.0176. The van der Waals surface area contributed by atoms with Gasteiger partial charge in [0.15, 0.2) is 5.84 Å². The Morgan fingerprint density at radius 2 is 2.44 bits per heavy atom. The number of nitrogens with one attached hydrogen (secondary N) is 2. The Bertz CT molecular complexity index is 343. The first kappa shape index (κ1) is 14.3. The summed E-state index contributed by atoms with van der Waals surface area (Å²) in [7, 11) is 0. The second-order valence-electron chi connectivity index (χ2n) is 4.41. The van der Waals surface area contributed by atoms with E-state index in [4.69, 9.17) is 10.9 Å². The standard InChI is InChI=1S/C11H20N4O3/c1-2-3-8(10(12)15-18)11(17)13-6-7-4-5-9(16)14-7/h7-8,18H,2-6H2,1H3,(H2,12,15)(H,13,17)(H,14,16). The van der Waals surface area contributed by atoms with E-state index >= 15 is 0 Å². The fourth-order valence-corrected chi connectivity index (χ4v) is 1.95. The van der Waals surface area contributed by atoms with Gasteiger partial charge in [-0.05, 0) is 12.8 Å². The Morgan fingerprint density at radius 3 is 2.94 bits per heavy atom. The van der Waals surface area contributed by atoms with Crippen molar-refractivity contribution < 1.29 is 14.8 Å². The Labute approximate surface area is 106 Å². The molecule has 1 aliphatic rings. The van der Waals surface area contributed by atoms with Gasteiger partial charge in [-0.15, -0.1) is 0 Å². The molecule has 2 amide bonds. The van der Waals surface area contributed by atoms with Gasteiger partial charge in [0.05, 0.1) is 5.92 Å². The number of carbonyl (C=O) groups is 2. The maximum atomic E-state index is 11.9. The van der Waals surface area contributed by atoms with E-state index in [2.05, 4.69) is 15.8 Å². The number of nitrogens with two attached hydrogens (primary N) is 1. The van der Waals surface area contributed by atoms with Crippen molar-refractivity contribution in [1.82, 2.24) is 10.6 Å². The molecule has 0 aromatic heterocycles. The van der Waals surface area contributed by atoms with Crippen LogP contribution in [0.25, 0.3) is 0 Å². The molecule has 7 heteroatoms. The van der Waals surface area contributed by atoms with Crippen molar-refractivity contribution in [3.63, 3.8) is 0 Å². The van der Waals surface area contributed by atoms with Gasteiger partial charge in [-0.2, -0.15) is 0 Å². The highest BCUT2D eigenvalue weighted by Gasteiger charge is 2.25. The molecule has 2 unspecified atom stereocenters. The van der Waals surface area contributed by atoms with Gasteiger partial charge in [0, 0.05) is 19.0 Å². The highest BCUT2D eigenvalue weighted by atomic mass is 16.4. The molecular weight excluding hydrogens is 236 g/mol. The smallest absolute Gasteiger partial charge is 0.230 e. The third-order valence-electron chi connectivity index (χ3n) is 2.97. The van der Waals surface area contributed by atoms with Crippen molar-refractivity contribution in [3.8, 4) is 0 Å². The van der Waals surface area contributed by atoms with Crippen molar-refractivity contribution in [1.29, 1.82) is 0 Å². The first-order valence-electron chi connectivity index (χ1n) is 6.13. The number of oxime groups is 1. The van der Waals surface area contributed by atoms with Crippen molar-refractivity contribution in [2.24, 2.45) is 16.8 Å². The van der Waals surface area contributed by atoms with Crippen LogP contribution < -0.4 is 16.4 Å². The third-order valence-corrected chi connectivity index (χ3v) is 2.97. The minimum Gasteiger partial charge on any atom is -0.409 e. The number of carbonyl (C=O) groups excluding carboxylic acids is 2. The molecule has 0 radical (unpaired) electrons. The zero-order chi connectivity index (χ0) is 13.5. The Morgan fingerprint density at radius 1 is 1.72 bits per heavy atom. The minimum absolute atomic E-state index is 0.00999. The number of hydrogen-bond acceptors (Lipinski definition) is 4. The summed E-state index contributed by atoms with van der Waals surface area (Å²) in [5.74, 6) is -0.953. The third kappa shape index (κ3) is 3.90. The van der Waals surface area contributed by atoms with Crippen LogP contribution in [-0.4, -0.2) is 35.4 Å². The van der Waals surface area contributed by atoms with Crippen LogP contribution in [0.4, 0.5) is 0 Å². The minimum atomic E-state index is -0.614. The highest BCUT2D eigenvalue weighted by Crippen LogP contribution is 2.08. The monoisotopic (exact) mass is 256 g/mol. The molecule has 1 heterocycles. The topological polar surface area (TPSA) is 117 Å². The van der Waals surface area contributed by atoms with Crippen molar-refractivity contribution in [2.75, 3.05) is 6.54 Å². The Hall–Kier alpha value is -1.79. The lowest BCUT2D eigenvalue weighted by Crippen LogP contribution is -2.44. The van der Waals surface area contributed by atoms with E-state index in [1.165, 1.54) is 0 Å². The summed E-state index contributed by atoms with van der Waals surface area (Å²) in [6.07, 6.45) is 2.51. The van der Waals surface area contributed by atoms with E-state index in [1.807, 2.05) is 6.92 Å². The molecule has 5 N–H and O–H groups in total. The number of rotatable bonds is 6. The molecule has 7 nitrogen and oxygen atoms in total. The maximum Gasteiger partial charge on any atom is 0.230 e. The quantitative estimate of drug-likeness (QED) is 0.223. The molecule has 0 bridgehead atoms. The Balaban J connectivity index is 2.44. The van der Waals surface area contributed by atoms with E-state index in [1.54, 1.807) is 0 Å². The molecule has 1 fully saturated rings. The lowest BCUT2D eigenvalue weighted by atomic mass is 10.0. The first-order chi connectivity index (χ1) is 8.58. The van der Waals surface area contributed by atoms with Crippen LogP contribution in [0.1, 0.15) is 32.6 Å². The fourth-order valence-electron chi connectivity index (χ4n) is 1.95. The van der Waals surface area contributed by atoms with E-state index < -0.39 is 5.92 Å². The van der Waals surface area contributed by atoms with Crippen LogP contribution in [0.3, 0.4) is 0 Å². The number of amides is 2. The van der Waals surface area contributed by atoms with Crippen LogP contribution in [0.5, 0.6) is 0 Å². The summed E-state index contributed by atoms with van der Waals surface area (Å²) in [5, 5.41) is 17.0. The molecule has 18 heavy (non-hydrogen) atoms. The maximum absolute atomic E-state index is 11.9. The van der Waals surface area contributed by atoms with Gasteiger partial charge in [0.2, 0.25) is 11.8 Å². The van der Waals surface area contributed by atoms with Gasteiger partial charge >= 0.3 is 0 Å². The van der Waals surface area contributed by atoms with Gasteiger partial charge in [-0.1, -0.05) is 18.5 Å². The summed E-state index contributed by atoms with van der Waals surface area (Å²) in [4.78, 5) is 22.9. The lowest BCUT2D eigenvalue weighted by molar-refractivity contribution is -0.123. The zero-order valence-corrected chi connectivity index (χ0v) is 10.5. The molecule has 0 saturated carbocycles. The second kappa shape index (κ2) is 6.83. The highest BCUT2D eigenvalue weighted by molar-refractivity contribution is 6.02. The van der Waals surface area contributed by atoms with Crippen LogP contribution in [0.15, 0.2) is 5.16 Å². The molecule has 1 aliphatic heterocycles. The fraction of sp³-hybridized carbons (Fsp3) is 0.727. The van der Waals surface area contributed by atoms with Gasteiger partial charge in [0.25, 0.3) is 0 Å². The van der Waals surface area contributed by atoms with Crippen molar-refractivity contribution in [3.05, 3.63) is 0 Å². The van der Waals surface area contributed by atoms with E-state index in [-0.39, 0.29) is 23.7 Å². The van der Waals surface area contributed by atoms with E-state index in [0.717, 1.165) is 12.8 Å². The molecule has 0 aromatic rings. The summed E-state index contributed by atoms with van der Waals surface area (Å²) in [5.41, 5.74) is 5.48. The number of nitrogens with zero attached hydrogens (tertiary/aromatic N) is 1. The second-order valence-corrected chi connectivity index (χ2v) is 4.41. The number of amidine groups is 1. The Kier molecular flexibility index (Phi) is 5.41. The predicted molar refractivity (Wildman–Crippen MR) is 66.0 cm³/mol. The first-order valence-corrected chi connectivity index (χ1v) is 6.13. The van der Waals surface area contributed by atoms with Crippen molar-refractivity contribution in [2.45, 2.75) is 38.6 Å². The molecule has 1 rings (SSSR count). The van der Waals surface area contributed by atoms with Gasteiger partial charge in [-0.25, -0.2) is 0 Å². The molecule has 102 valence electrons. The van der Waals surface area contributed by atoms with E-state index in [9.17, 15) is 9.59 Å². The van der Waals surface area contributed by atoms with Gasteiger partial charge in [0.1, 0.15) is 0 Å². The van der Waals surface area contributed by atoms with Crippen molar-refractivity contribution >= 4 is 17.6 Å². The predicted octanol–water partition coefficient (Wildman–Crippen LogP) is -0.456. The zero-order valence-electron chi connectivity index (χ0n) is 10.5. The molecule has 1 saturated heterocycles. The lowest BCUT2D eigenvalue weighted by Gasteiger charge is -2.16. The van der Waals surface area contributed by atoms with Gasteiger partial charge in [-0.3, -0.25) is 9.59 Å². The molecule has 2 atom stereocenters. The number of hydrogen-bond donors (Lipinski definition) is 4. The largest absolute Gasteiger partial charge is 0.409 e. The van der Waals surface area contributed by atoms with Crippen LogP contribution in [0.2, 0.25) is 0 Å². The SMILES string of the molecule is CCCC(C(=O)NCC1CCC(=O)N1)C(N)=NO. The normalized spacial score (nSPS) is 21.5. The molecule has 0 aromatic carbocycles. The van der Waals surface area contributed by atoms with Crippen LogP contribution in [0, 0.1) is 5.92 Å². The van der Waals surface area contributed by atoms with Crippen LogP contribution in [-0.2, 0) is 9.59 Å². The summed E-state index contributed by atoms with van der Waals surface area (Å²) >= 11 is 0. The van der Waals surface area contributed by atoms with E-state index in [0.29, 0.717) is 19.4 Å². The van der Waals surface area contributed by atoms with Crippen LogP contribution >= 0.6 is 0 Å². The summed E-state index contributed by atoms with van der Waals surface area (Å²) < 4.78 is 0. The average Bonchev–Trinajstić information content (AvgIpc) is 2.78. The average molecular weight is 256 g/mol. The summed E-state index contributed by atoms with van der Waals surface area (Å²) in [6.45, 7) is 2.30. The van der Waals surface area contributed by atoms with Gasteiger partial charge < -0.3 is 21.6 Å².